The van der Waals surface area contributed by atoms with Gasteiger partial charge in [-0.3, -0.25) is 0 Å². The zero-order chi connectivity index (χ0) is 16.2. The summed E-state index contributed by atoms with van der Waals surface area (Å²) in [5.41, 5.74) is 2.85. The number of hydrogen-bond acceptors (Lipinski definition) is 5. The van der Waals surface area contributed by atoms with Gasteiger partial charge in [0.05, 0.1) is 18.7 Å². The van der Waals surface area contributed by atoms with Gasteiger partial charge >= 0.3 is 0 Å². The van der Waals surface area contributed by atoms with Crippen molar-refractivity contribution < 1.29 is 14.3 Å². The standard InChI is InChI=1S/C18H14N2O3/c1-22-15-8-6-14(7-9-15)18-17(20-16(11-21)23-18)13-4-2-12(10-19)3-5-13/h2-9,21H,11H2,1H3. The molecular formula is C18H14N2O3. The lowest BCUT2D eigenvalue weighted by molar-refractivity contribution is 0.241. The Hall–Kier alpha value is -3.10. The fourth-order valence-electron chi connectivity index (χ4n) is 2.27. The fraction of sp³-hybridized carbons (Fsp3) is 0.111. The van der Waals surface area contributed by atoms with E-state index < -0.39 is 0 Å². The monoisotopic (exact) mass is 306 g/mol. The third kappa shape index (κ3) is 2.93. The Morgan fingerprint density at radius 3 is 2.30 bits per heavy atom. The van der Waals surface area contributed by atoms with Gasteiger partial charge in [0.1, 0.15) is 18.1 Å². The van der Waals surface area contributed by atoms with E-state index in [2.05, 4.69) is 11.1 Å². The Labute approximate surface area is 133 Å². The average molecular weight is 306 g/mol. The molecule has 0 aliphatic rings. The summed E-state index contributed by atoms with van der Waals surface area (Å²) in [6, 6.07) is 16.6. The Kier molecular flexibility index (Phi) is 4.09. The fourth-order valence-corrected chi connectivity index (χ4v) is 2.27. The lowest BCUT2D eigenvalue weighted by atomic mass is 10.0. The third-order valence-corrected chi connectivity index (χ3v) is 3.45. The maximum Gasteiger partial charge on any atom is 0.221 e. The molecule has 1 aromatic heterocycles. The molecule has 0 saturated carbocycles. The van der Waals surface area contributed by atoms with Crippen LogP contribution >= 0.6 is 0 Å². The SMILES string of the molecule is COc1ccc(-c2oc(CO)nc2-c2ccc(C#N)cc2)cc1. The van der Waals surface area contributed by atoms with Crippen molar-refractivity contribution in [2.45, 2.75) is 6.61 Å². The van der Waals surface area contributed by atoms with Gasteiger partial charge in [-0.05, 0) is 36.4 Å². The molecule has 0 bridgehead atoms. The molecule has 0 aliphatic carbocycles. The summed E-state index contributed by atoms with van der Waals surface area (Å²) < 4.78 is 10.8. The number of nitriles is 1. The molecule has 0 spiro atoms. The maximum absolute atomic E-state index is 9.31. The van der Waals surface area contributed by atoms with Gasteiger partial charge in [0, 0.05) is 11.1 Å². The van der Waals surface area contributed by atoms with Gasteiger partial charge in [0.25, 0.3) is 0 Å². The zero-order valence-electron chi connectivity index (χ0n) is 12.5. The predicted octanol–water partition coefficient (Wildman–Crippen LogP) is 3.38. The normalized spacial score (nSPS) is 10.3. The molecule has 0 saturated heterocycles. The summed E-state index contributed by atoms with van der Waals surface area (Å²) in [5.74, 6) is 1.56. The van der Waals surface area contributed by atoms with E-state index >= 15 is 0 Å². The van der Waals surface area contributed by atoms with E-state index in [1.54, 1.807) is 19.2 Å². The lowest BCUT2D eigenvalue weighted by Crippen LogP contribution is -1.85. The first-order valence-corrected chi connectivity index (χ1v) is 7.00. The van der Waals surface area contributed by atoms with Crippen molar-refractivity contribution in [2.24, 2.45) is 0 Å². The van der Waals surface area contributed by atoms with E-state index in [0.29, 0.717) is 17.0 Å². The van der Waals surface area contributed by atoms with Crippen LogP contribution < -0.4 is 4.74 Å². The molecule has 5 heteroatoms. The highest BCUT2D eigenvalue weighted by molar-refractivity contribution is 5.77. The summed E-state index contributed by atoms with van der Waals surface area (Å²) in [6.07, 6.45) is 0. The number of ether oxygens (including phenoxy) is 1. The summed E-state index contributed by atoms with van der Waals surface area (Å²) in [5, 5.41) is 18.2. The van der Waals surface area contributed by atoms with Crippen molar-refractivity contribution in [2.75, 3.05) is 7.11 Å². The van der Waals surface area contributed by atoms with Gasteiger partial charge in [-0.25, -0.2) is 4.98 Å². The number of aliphatic hydroxyl groups excluding tert-OH is 1. The molecule has 114 valence electrons. The number of hydrogen-bond donors (Lipinski definition) is 1. The van der Waals surface area contributed by atoms with Crippen LogP contribution in [0.15, 0.2) is 52.9 Å². The third-order valence-electron chi connectivity index (χ3n) is 3.45. The second-order valence-electron chi connectivity index (χ2n) is 4.86. The number of aliphatic hydroxyl groups is 1. The van der Waals surface area contributed by atoms with Gasteiger partial charge in [-0.2, -0.15) is 5.26 Å². The number of rotatable bonds is 4. The Morgan fingerprint density at radius 2 is 1.74 bits per heavy atom. The topological polar surface area (TPSA) is 79.3 Å². The van der Waals surface area contributed by atoms with Crippen molar-refractivity contribution >= 4 is 0 Å². The van der Waals surface area contributed by atoms with Crippen molar-refractivity contribution in [3.63, 3.8) is 0 Å². The highest BCUT2D eigenvalue weighted by Crippen LogP contribution is 2.33. The molecule has 23 heavy (non-hydrogen) atoms. The Balaban J connectivity index is 2.08. The van der Waals surface area contributed by atoms with E-state index in [4.69, 9.17) is 14.4 Å². The van der Waals surface area contributed by atoms with Crippen molar-refractivity contribution in [3.8, 4) is 34.4 Å². The van der Waals surface area contributed by atoms with Crippen LogP contribution in [0.5, 0.6) is 5.75 Å². The summed E-state index contributed by atoms with van der Waals surface area (Å²) in [4.78, 5) is 4.34. The summed E-state index contributed by atoms with van der Waals surface area (Å²) >= 11 is 0. The summed E-state index contributed by atoms with van der Waals surface area (Å²) in [6.45, 7) is -0.278. The second kappa shape index (κ2) is 6.34. The van der Waals surface area contributed by atoms with Crippen molar-refractivity contribution in [1.82, 2.24) is 4.98 Å². The Morgan fingerprint density at radius 1 is 1.09 bits per heavy atom. The van der Waals surface area contributed by atoms with Crippen LogP contribution in [0.4, 0.5) is 0 Å². The molecule has 0 fully saturated rings. The minimum Gasteiger partial charge on any atom is -0.497 e. The van der Waals surface area contributed by atoms with Gasteiger partial charge in [0.2, 0.25) is 5.89 Å². The first-order valence-electron chi connectivity index (χ1n) is 7.00. The molecule has 0 aliphatic heterocycles. The van der Waals surface area contributed by atoms with E-state index in [9.17, 15) is 5.11 Å². The van der Waals surface area contributed by atoms with Crippen LogP contribution in [0.3, 0.4) is 0 Å². The maximum atomic E-state index is 9.31. The molecule has 0 radical (unpaired) electrons. The number of nitrogens with zero attached hydrogens (tertiary/aromatic N) is 2. The van der Waals surface area contributed by atoms with E-state index in [1.165, 1.54) is 0 Å². The molecule has 1 N–H and O–H groups in total. The van der Waals surface area contributed by atoms with Gasteiger partial charge in [0.15, 0.2) is 5.76 Å². The quantitative estimate of drug-likeness (QED) is 0.799. The van der Waals surface area contributed by atoms with Gasteiger partial charge in [-0.1, -0.05) is 12.1 Å². The van der Waals surface area contributed by atoms with Gasteiger partial charge in [-0.15, -0.1) is 0 Å². The molecular weight excluding hydrogens is 292 g/mol. The minimum atomic E-state index is -0.278. The second-order valence-corrected chi connectivity index (χ2v) is 4.86. The number of methoxy groups -OCH3 is 1. The Bertz CT molecular complexity index is 843. The van der Waals surface area contributed by atoms with E-state index in [1.807, 2.05) is 36.4 Å². The zero-order valence-corrected chi connectivity index (χ0v) is 12.5. The van der Waals surface area contributed by atoms with Crippen LogP contribution in [0.1, 0.15) is 11.5 Å². The molecule has 5 nitrogen and oxygen atoms in total. The minimum absolute atomic E-state index is 0.246. The lowest BCUT2D eigenvalue weighted by Gasteiger charge is -2.03. The predicted molar refractivity (Wildman–Crippen MR) is 84.6 cm³/mol. The molecule has 2 aromatic carbocycles. The first kappa shape index (κ1) is 14.8. The first-order chi connectivity index (χ1) is 11.2. The van der Waals surface area contributed by atoms with Crippen LogP contribution in [-0.4, -0.2) is 17.2 Å². The van der Waals surface area contributed by atoms with Crippen LogP contribution in [0, 0.1) is 11.3 Å². The number of oxazole rings is 1. The van der Waals surface area contributed by atoms with Crippen LogP contribution in [0.2, 0.25) is 0 Å². The van der Waals surface area contributed by atoms with Crippen LogP contribution in [0.25, 0.3) is 22.6 Å². The summed E-state index contributed by atoms with van der Waals surface area (Å²) in [7, 11) is 1.61. The van der Waals surface area contributed by atoms with E-state index in [-0.39, 0.29) is 12.5 Å². The molecule has 0 unspecified atom stereocenters. The van der Waals surface area contributed by atoms with Crippen LogP contribution in [-0.2, 0) is 6.61 Å². The molecule has 0 amide bonds. The average Bonchev–Trinajstić information content (AvgIpc) is 3.06. The molecule has 3 aromatic rings. The molecule has 1 heterocycles. The highest BCUT2D eigenvalue weighted by Gasteiger charge is 2.16. The van der Waals surface area contributed by atoms with E-state index in [0.717, 1.165) is 16.9 Å². The smallest absolute Gasteiger partial charge is 0.221 e. The van der Waals surface area contributed by atoms with Crippen molar-refractivity contribution in [3.05, 3.63) is 60.0 Å². The van der Waals surface area contributed by atoms with Gasteiger partial charge < -0.3 is 14.3 Å². The molecule has 0 atom stereocenters. The highest BCUT2D eigenvalue weighted by atomic mass is 16.5. The number of benzene rings is 2. The van der Waals surface area contributed by atoms with Crippen molar-refractivity contribution in [1.29, 1.82) is 5.26 Å². The molecule has 3 rings (SSSR count). The largest absolute Gasteiger partial charge is 0.497 e. The number of aromatic nitrogens is 1.